The van der Waals surface area contributed by atoms with Gasteiger partial charge >= 0.3 is 5.97 Å². The Morgan fingerprint density at radius 1 is 1.26 bits per heavy atom. The molecule has 0 unspecified atom stereocenters. The molecule has 19 heavy (non-hydrogen) atoms. The molecule has 6 nitrogen and oxygen atoms in total. The third kappa shape index (κ3) is 3.81. The molecule has 0 spiro atoms. The Morgan fingerprint density at radius 3 is 2.42 bits per heavy atom. The van der Waals surface area contributed by atoms with Crippen LogP contribution in [-0.4, -0.2) is 46.4 Å². The van der Waals surface area contributed by atoms with E-state index < -0.39 is 0 Å². The highest BCUT2D eigenvalue weighted by molar-refractivity contribution is 5.93. The Hall–Kier alpha value is -1.85. The molecule has 0 aromatic carbocycles. The minimum atomic E-state index is -0.349. The predicted octanol–water partition coefficient (Wildman–Crippen LogP) is 1.31. The number of H-pyrrole nitrogens is 1. The van der Waals surface area contributed by atoms with E-state index in [0.29, 0.717) is 36.9 Å². The number of aromatic nitrogens is 2. The molecule has 1 heterocycles. The first-order valence-corrected chi connectivity index (χ1v) is 6.53. The number of nitrogens with zero attached hydrogens (tertiary/aromatic N) is 2. The van der Waals surface area contributed by atoms with Crippen molar-refractivity contribution >= 4 is 11.9 Å². The molecule has 1 aromatic rings. The maximum absolute atomic E-state index is 12.2. The lowest BCUT2D eigenvalue weighted by Gasteiger charge is -2.17. The lowest BCUT2D eigenvalue weighted by molar-refractivity contribution is -0.142. The monoisotopic (exact) mass is 267 g/mol. The molecule has 0 radical (unpaired) electrons. The quantitative estimate of drug-likeness (QED) is 0.788. The second-order valence-electron chi connectivity index (χ2n) is 4.12. The van der Waals surface area contributed by atoms with Crippen LogP contribution in [0.15, 0.2) is 0 Å². The van der Waals surface area contributed by atoms with Gasteiger partial charge in [-0.05, 0) is 27.7 Å². The van der Waals surface area contributed by atoms with Crippen LogP contribution < -0.4 is 0 Å². The van der Waals surface area contributed by atoms with Gasteiger partial charge in [0.1, 0.15) is 17.9 Å². The van der Waals surface area contributed by atoms with E-state index >= 15 is 0 Å². The highest BCUT2D eigenvalue weighted by Gasteiger charge is 2.20. The minimum Gasteiger partial charge on any atom is -0.466 e. The predicted molar refractivity (Wildman–Crippen MR) is 70.9 cm³/mol. The maximum atomic E-state index is 12.2. The number of esters is 1. The zero-order chi connectivity index (χ0) is 14.4. The van der Waals surface area contributed by atoms with Gasteiger partial charge in [-0.15, -0.1) is 0 Å². The number of carbonyl (C=O) groups is 2. The van der Waals surface area contributed by atoms with Gasteiger partial charge in [-0.2, -0.15) is 0 Å². The Morgan fingerprint density at radius 2 is 1.89 bits per heavy atom. The Labute approximate surface area is 113 Å². The average molecular weight is 267 g/mol. The van der Waals surface area contributed by atoms with Crippen molar-refractivity contribution < 1.29 is 14.3 Å². The van der Waals surface area contributed by atoms with Crippen molar-refractivity contribution in [2.75, 3.05) is 19.7 Å². The summed E-state index contributed by atoms with van der Waals surface area (Å²) in [6.45, 7) is 8.97. The Bertz CT molecular complexity index is 450. The van der Waals surface area contributed by atoms with Crippen LogP contribution >= 0.6 is 0 Å². The van der Waals surface area contributed by atoms with E-state index in [1.807, 2.05) is 13.8 Å². The molecule has 0 aliphatic carbocycles. The molecule has 0 aliphatic rings. The summed E-state index contributed by atoms with van der Waals surface area (Å²) >= 11 is 0. The fraction of sp³-hybridized carbons (Fsp3) is 0.615. The van der Waals surface area contributed by atoms with Crippen LogP contribution in [-0.2, 0) is 16.0 Å². The zero-order valence-corrected chi connectivity index (χ0v) is 11.9. The fourth-order valence-electron chi connectivity index (χ4n) is 1.82. The van der Waals surface area contributed by atoms with Crippen LogP contribution in [0.4, 0.5) is 0 Å². The molecule has 0 bridgehead atoms. The van der Waals surface area contributed by atoms with E-state index in [1.165, 1.54) is 0 Å². The molecule has 0 fully saturated rings. The molecule has 0 atom stereocenters. The first kappa shape index (κ1) is 15.2. The number of rotatable bonds is 6. The zero-order valence-electron chi connectivity index (χ0n) is 11.9. The fourth-order valence-corrected chi connectivity index (χ4v) is 1.82. The van der Waals surface area contributed by atoms with Gasteiger partial charge in [0.2, 0.25) is 0 Å². The van der Waals surface area contributed by atoms with Crippen molar-refractivity contribution in [1.29, 1.82) is 0 Å². The normalized spacial score (nSPS) is 10.3. The first-order valence-electron chi connectivity index (χ1n) is 6.53. The maximum Gasteiger partial charge on any atom is 0.313 e. The van der Waals surface area contributed by atoms with E-state index in [2.05, 4.69) is 9.97 Å². The number of aryl methyl sites for hydroxylation is 1. The van der Waals surface area contributed by atoms with E-state index in [9.17, 15) is 9.59 Å². The molecule has 6 heteroatoms. The van der Waals surface area contributed by atoms with Crippen LogP contribution in [0.25, 0.3) is 0 Å². The van der Waals surface area contributed by atoms with E-state index in [-0.39, 0.29) is 18.3 Å². The first-order chi connectivity index (χ1) is 9.03. The van der Waals surface area contributed by atoms with Crippen LogP contribution in [0.5, 0.6) is 0 Å². The average Bonchev–Trinajstić information content (AvgIpc) is 2.71. The van der Waals surface area contributed by atoms with Crippen molar-refractivity contribution in [1.82, 2.24) is 14.9 Å². The Kier molecular flexibility index (Phi) is 5.54. The van der Waals surface area contributed by atoms with Crippen molar-refractivity contribution in [3.8, 4) is 0 Å². The minimum absolute atomic E-state index is 0.0558. The lowest BCUT2D eigenvalue weighted by atomic mass is 10.3. The molecule has 1 aromatic heterocycles. The second kappa shape index (κ2) is 6.92. The highest BCUT2D eigenvalue weighted by atomic mass is 16.5. The molecular weight excluding hydrogens is 246 g/mol. The van der Waals surface area contributed by atoms with Crippen molar-refractivity contribution in [2.45, 2.75) is 34.1 Å². The van der Waals surface area contributed by atoms with E-state index in [1.54, 1.807) is 18.7 Å². The van der Waals surface area contributed by atoms with Crippen molar-refractivity contribution in [3.05, 3.63) is 17.2 Å². The van der Waals surface area contributed by atoms with Gasteiger partial charge in [0.15, 0.2) is 0 Å². The number of ether oxygens (including phenoxy) is 1. The number of hydrogen-bond donors (Lipinski definition) is 1. The molecule has 1 amide bonds. The topological polar surface area (TPSA) is 75.3 Å². The van der Waals surface area contributed by atoms with Gasteiger partial charge in [-0.3, -0.25) is 9.59 Å². The Balaban J connectivity index is 2.84. The summed E-state index contributed by atoms with van der Waals surface area (Å²) in [5, 5.41) is 0. The number of amides is 1. The molecular formula is C13H21N3O3. The summed E-state index contributed by atoms with van der Waals surface area (Å²) in [5.74, 6) is -0.00148. The van der Waals surface area contributed by atoms with Gasteiger partial charge in [-0.25, -0.2) is 4.98 Å². The summed E-state index contributed by atoms with van der Waals surface area (Å²) in [7, 11) is 0. The number of carbonyl (C=O) groups excluding carboxylic acids is 2. The molecule has 1 N–H and O–H groups in total. The van der Waals surface area contributed by atoms with Crippen molar-refractivity contribution in [2.24, 2.45) is 0 Å². The van der Waals surface area contributed by atoms with Crippen LogP contribution in [0.3, 0.4) is 0 Å². The van der Waals surface area contributed by atoms with Gasteiger partial charge in [0, 0.05) is 18.8 Å². The molecule has 0 aliphatic heterocycles. The summed E-state index contributed by atoms with van der Waals surface area (Å²) < 4.78 is 4.85. The summed E-state index contributed by atoms with van der Waals surface area (Å²) in [6.07, 6.45) is 0.0558. The van der Waals surface area contributed by atoms with Gasteiger partial charge in [0.25, 0.3) is 5.91 Å². The third-order valence-electron chi connectivity index (χ3n) is 2.80. The molecule has 106 valence electrons. The SMILES string of the molecule is CCOC(=O)Cc1nc(C(=O)N(CC)CC)c(C)[nH]1. The smallest absolute Gasteiger partial charge is 0.313 e. The lowest BCUT2D eigenvalue weighted by Crippen LogP contribution is -2.31. The number of imidazole rings is 1. The van der Waals surface area contributed by atoms with Crippen molar-refractivity contribution in [3.63, 3.8) is 0 Å². The van der Waals surface area contributed by atoms with Crippen LogP contribution in [0.1, 0.15) is 42.8 Å². The number of nitrogens with one attached hydrogen (secondary N) is 1. The molecule has 0 saturated carbocycles. The summed E-state index contributed by atoms with van der Waals surface area (Å²) in [5.41, 5.74) is 1.05. The molecule has 1 rings (SSSR count). The van der Waals surface area contributed by atoms with Gasteiger partial charge < -0.3 is 14.6 Å². The largest absolute Gasteiger partial charge is 0.466 e. The summed E-state index contributed by atoms with van der Waals surface area (Å²) in [6, 6.07) is 0. The van der Waals surface area contributed by atoms with Gasteiger partial charge in [-0.1, -0.05) is 0 Å². The second-order valence-corrected chi connectivity index (χ2v) is 4.12. The van der Waals surface area contributed by atoms with Crippen LogP contribution in [0.2, 0.25) is 0 Å². The third-order valence-corrected chi connectivity index (χ3v) is 2.80. The van der Waals surface area contributed by atoms with E-state index in [4.69, 9.17) is 4.74 Å². The number of hydrogen-bond acceptors (Lipinski definition) is 4. The van der Waals surface area contributed by atoms with Crippen LogP contribution in [0, 0.1) is 6.92 Å². The number of aromatic amines is 1. The standard InChI is InChI=1S/C13H21N3O3/c1-5-16(6-2)13(18)12-9(4)14-10(15-12)8-11(17)19-7-3/h5-8H2,1-4H3,(H,14,15). The summed E-state index contributed by atoms with van der Waals surface area (Å²) in [4.78, 5) is 32.4. The van der Waals surface area contributed by atoms with Gasteiger partial charge in [0.05, 0.1) is 6.61 Å². The highest BCUT2D eigenvalue weighted by Crippen LogP contribution is 2.09. The molecule has 0 saturated heterocycles. The van der Waals surface area contributed by atoms with E-state index in [0.717, 1.165) is 0 Å².